The van der Waals surface area contributed by atoms with Gasteiger partial charge in [-0.25, -0.2) is 4.79 Å². The molecule has 1 saturated carbocycles. The Morgan fingerprint density at radius 1 is 1.15 bits per heavy atom. The van der Waals surface area contributed by atoms with E-state index in [1.807, 2.05) is 6.92 Å². The number of amides is 2. The molecule has 5 nitrogen and oxygen atoms in total. The third-order valence-corrected chi connectivity index (χ3v) is 3.60. The molecule has 0 heterocycles. The number of urea groups is 1. The van der Waals surface area contributed by atoms with Crippen LogP contribution in [-0.2, 0) is 9.53 Å². The largest absolute Gasteiger partial charge is 0.466 e. The van der Waals surface area contributed by atoms with Crippen molar-refractivity contribution in [2.24, 2.45) is 0 Å². The van der Waals surface area contributed by atoms with Gasteiger partial charge < -0.3 is 15.0 Å². The lowest BCUT2D eigenvalue weighted by Gasteiger charge is -2.28. The van der Waals surface area contributed by atoms with Gasteiger partial charge in [0.1, 0.15) is 0 Å². The van der Waals surface area contributed by atoms with Crippen molar-refractivity contribution in [2.45, 2.75) is 64.8 Å². The highest BCUT2D eigenvalue weighted by atomic mass is 16.5. The number of carbonyl (C=O) groups is 2. The molecule has 0 aromatic carbocycles. The number of carbonyl (C=O) groups excluding carboxylic acids is 2. The Morgan fingerprint density at radius 3 is 2.45 bits per heavy atom. The van der Waals surface area contributed by atoms with Gasteiger partial charge in [-0.15, -0.1) is 0 Å². The minimum atomic E-state index is -0.237. The van der Waals surface area contributed by atoms with Gasteiger partial charge in [-0.3, -0.25) is 4.79 Å². The summed E-state index contributed by atoms with van der Waals surface area (Å²) in [6.07, 6.45) is 6.97. The lowest BCUT2D eigenvalue weighted by molar-refractivity contribution is -0.143. The Bertz CT molecular complexity index is 301. The Hall–Kier alpha value is -1.26. The second kappa shape index (κ2) is 9.61. The number of nitrogens with zero attached hydrogens (tertiary/aromatic N) is 1. The topological polar surface area (TPSA) is 58.6 Å². The molecule has 2 amide bonds. The van der Waals surface area contributed by atoms with E-state index in [1.54, 1.807) is 11.8 Å². The summed E-state index contributed by atoms with van der Waals surface area (Å²) in [5.74, 6) is -0.237. The van der Waals surface area contributed by atoms with Crippen LogP contribution in [0.4, 0.5) is 4.79 Å². The van der Waals surface area contributed by atoms with Gasteiger partial charge in [0.25, 0.3) is 0 Å². The maximum Gasteiger partial charge on any atom is 0.317 e. The van der Waals surface area contributed by atoms with Crippen molar-refractivity contribution in [1.82, 2.24) is 10.2 Å². The molecular formula is C15H28N2O3. The molecule has 0 saturated heterocycles. The van der Waals surface area contributed by atoms with E-state index in [4.69, 9.17) is 4.74 Å². The summed E-state index contributed by atoms with van der Waals surface area (Å²) in [7, 11) is 0. The standard InChI is InChI=1S/C15H28N2O3/c1-3-11-17(12-10-14(18)20-4-2)15(19)16-13-8-6-5-7-9-13/h13H,3-12H2,1-2H3,(H,16,19). The zero-order chi connectivity index (χ0) is 14.8. The highest BCUT2D eigenvalue weighted by molar-refractivity contribution is 5.76. The summed E-state index contributed by atoms with van der Waals surface area (Å²) in [5.41, 5.74) is 0. The van der Waals surface area contributed by atoms with Crippen molar-refractivity contribution in [3.05, 3.63) is 0 Å². The van der Waals surface area contributed by atoms with Gasteiger partial charge in [-0.05, 0) is 26.2 Å². The zero-order valence-electron chi connectivity index (χ0n) is 12.8. The molecule has 0 atom stereocenters. The quantitative estimate of drug-likeness (QED) is 0.731. The number of esters is 1. The van der Waals surface area contributed by atoms with E-state index in [9.17, 15) is 9.59 Å². The van der Waals surface area contributed by atoms with E-state index < -0.39 is 0 Å². The normalized spacial score (nSPS) is 15.7. The smallest absolute Gasteiger partial charge is 0.317 e. The van der Waals surface area contributed by atoms with E-state index in [2.05, 4.69) is 5.32 Å². The van der Waals surface area contributed by atoms with Crippen LogP contribution in [-0.4, -0.2) is 42.6 Å². The maximum absolute atomic E-state index is 12.2. The first-order valence-corrected chi connectivity index (χ1v) is 7.88. The molecule has 0 radical (unpaired) electrons. The van der Waals surface area contributed by atoms with Crippen molar-refractivity contribution in [3.63, 3.8) is 0 Å². The first-order chi connectivity index (χ1) is 9.67. The van der Waals surface area contributed by atoms with Crippen LogP contribution in [0.2, 0.25) is 0 Å². The summed E-state index contributed by atoms with van der Waals surface area (Å²) >= 11 is 0. The first kappa shape index (κ1) is 16.8. The average Bonchev–Trinajstić information content (AvgIpc) is 2.44. The maximum atomic E-state index is 12.2. The Balaban J connectivity index is 2.38. The lowest BCUT2D eigenvalue weighted by atomic mass is 9.96. The van der Waals surface area contributed by atoms with Crippen LogP contribution in [0.1, 0.15) is 58.8 Å². The molecule has 0 bridgehead atoms. The van der Waals surface area contributed by atoms with Gasteiger partial charge in [0, 0.05) is 19.1 Å². The third kappa shape index (κ3) is 6.26. The molecule has 1 aliphatic rings. The molecule has 1 fully saturated rings. The third-order valence-electron chi connectivity index (χ3n) is 3.60. The van der Waals surface area contributed by atoms with Gasteiger partial charge in [0.2, 0.25) is 0 Å². The Kier molecular flexibility index (Phi) is 8.07. The highest BCUT2D eigenvalue weighted by Gasteiger charge is 2.20. The predicted octanol–water partition coefficient (Wildman–Crippen LogP) is 2.69. The fourth-order valence-electron chi connectivity index (χ4n) is 2.56. The minimum absolute atomic E-state index is 0.0388. The number of nitrogens with one attached hydrogen (secondary N) is 1. The minimum Gasteiger partial charge on any atom is -0.466 e. The molecule has 1 N–H and O–H groups in total. The molecule has 1 rings (SSSR count). The van der Waals surface area contributed by atoms with E-state index in [0.717, 1.165) is 19.3 Å². The van der Waals surface area contributed by atoms with E-state index in [1.165, 1.54) is 19.3 Å². The Morgan fingerprint density at radius 2 is 1.85 bits per heavy atom. The van der Waals surface area contributed by atoms with Crippen LogP contribution < -0.4 is 5.32 Å². The van der Waals surface area contributed by atoms with Crippen LogP contribution >= 0.6 is 0 Å². The molecule has 20 heavy (non-hydrogen) atoms. The van der Waals surface area contributed by atoms with Crippen LogP contribution in [0.3, 0.4) is 0 Å². The molecule has 0 spiro atoms. The molecule has 116 valence electrons. The molecule has 0 aromatic rings. The summed E-state index contributed by atoms with van der Waals surface area (Å²) in [6.45, 7) is 5.33. The van der Waals surface area contributed by atoms with Crippen molar-refractivity contribution < 1.29 is 14.3 Å². The molecule has 0 aliphatic heterocycles. The van der Waals surface area contributed by atoms with Crippen molar-refractivity contribution in [1.29, 1.82) is 0 Å². The number of hydrogen-bond donors (Lipinski definition) is 1. The second-order valence-electron chi connectivity index (χ2n) is 5.33. The van der Waals surface area contributed by atoms with Crippen LogP contribution in [0.5, 0.6) is 0 Å². The molecule has 5 heteroatoms. The number of ether oxygens (including phenoxy) is 1. The average molecular weight is 284 g/mol. The molecule has 0 unspecified atom stereocenters. The summed E-state index contributed by atoms with van der Waals surface area (Å²) in [4.78, 5) is 25.3. The van der Waals surface area contributed by atoms with Gasteiger partial charge in [0.15, 0.2) is 0 Å². The van der Waals surface area contributed by atoms with Gasteiger partial charge >= 0.3 is 12.0 Å². The fraction of sp³-hybridized carbons (Fsp3) is 0.867. The molecule has 0 aromatic heterocycles. The van der Waals surface area contributed by atoms with Crippen LogP contribution in [0, 0.1) is 0 Å². The van der Waals surface area contributed by atoms with E-state index in [0.29, 0.717) is 25.7 Å². The Labute approximate surface area is 122 Å². The SMILES string of the molecule is CCCN(CCC(=O)OCC)C(=O)NC1CCCCC1. The summed E-state index contributed by atoms with van der Waals surface area (Å²) < 4.78 is 4.90. The van der Waals surface area contributed by atoms with Crippen LogP contribution in [0.15, 0.2) is 0 Å². The monoisotopic (exact) mass is 284 g/mol. The van der Waals surface area contributed by atoms with E-state index in [-0.39, 0.29) is 18.4 Å². The number of rotatable bonds is 7. The second-order valence-corrected chi connectivity index (χ2v) is 5.33. The van der Waals surface area contributed by atoms with Gasteiger partial charge in [-0.1, -0.05) is 26.2 Å². The van der Waals surface area contributed by atoms with Crippen molar-refractivity contribution in [2.75, 3.05) is 19.7 Å². The zero-order valence-corrected chi connectivity index (χ0v) is 12.8. The fourth-order valence-corrected chi connectivity index (χ4v) is 2.56. The first-order valence-electron chi connectivity index (χ1n) is 7.88. The van der Waals surface area contributed by atoms with Crippen molar-refractivity contribution >= 4 is 12.0 Å². The van der Waals surface area contributed by atoms with Gasteiger partial charge in [0.05, 0.1) is 13.0 Å². The molecule has 1 aliphatic carbocycles. The summed E-state index contributed by atoms with van der Waals surface area (Å²) in [6, 6.07) is 0.265. The van der Waals surface area contributed by atoms with Crippen LogP contribution in [0.25, 0.3) is 0 Å². The predicted molar refractivity (Wildman–Crippen MR) is 78.5 cm³/mol. The number of hydrogen-bond acceptors (Lipinski definition) is 3. The molecular weight excluding hydrogens is 256 g/mol. The lowest BCUT2D eigenvalue weighted by Crippen LogP contribution is -2.46. The van der Waals surface area contributed by atoms with E-state index >= 15 is 0 Å². The van der Waals surface area contributed by atoms with Crippen molar-refractivity contribution in [3.8, 4) is 0 Å². The van der Waals surface area contributed by atoms with Gasteiger partial charge in [-0.2, -0.15) is 0 Å². The summed E-state index contributed by atoms with van der Waals surface area (Å²) in [5, 5.41) is 3.09. The highest BCUT2D eigenvalue weighted by Crippen LogP contribution is 2.17.